The summed E-state index contributed by atoms with van der Waals surface area (Å²) in [6.07, 6.45) is -0.560. The maximum atomic E-state index is 10.1. The van der Waals surface area contributed by atoms with E-state index < -0.39 is 6.10 Å². The Morgan fingerprint density at radius 3 is 1.61 bits per heavy atom. The standard InChI is InChI=1S/C6H12O2.C4H10O.C3H8O2/c1-5(2)4-8-6(3)7;1-3-5-4-2;1-3(5)2-4/h5H,4H2,1-3H3;3-4H2,1-2H3;3-5H,2H2,1H3. The largest absolute Gasteiger partial charge is 0.466 e. The van der Waals surface area contributed by atoms with Crippen molar-refractivity contribution in [2.45, 2.75) is 47.6 Å². The Hall–Kier alpha value is -0.650. The number of esters is 1. The van der Waals surface area contributed by atoms with Gasteiger partial charge in [-0.15, -0.1) is 0 Å². The first-order valence-corrected chi connectivity index (χ1v) is 6.31. The SMILES string of the molecule is CC(=O)OCC(C)C.CC(O)CO.CCOCC. The fraction of sp³-hybridized carbons (Fsp3) is 0.923. The van der Waals surface area contributed by atoms with Gasteiger partial charge in [-0.1, -0.05) is 13.8 Å². The van der Waals surface area contributed by atoms with E-state index >= 15 is 0 Å². The Bertz CT molecular complexity index is 155. The molecule has 0 saturated carbocycles. The molecule has 0 fully saturated rings. The normalized spacial score (nSPS) is 10.7. The van der Waals surface area contributed by atoms with Gasteiger partial charge in [0.1, 0.15) is 0 Å². The summed E-state index contributed by atoms with van der Waals surface area (Å²) in [5, 5.41) is 16.0. The second-order valence-electron chi connectivity index (χ2n) is 4.01. The number of hydrogen-bond acceptors (Lipinski definition) is 5. The second-order valence-corrected chi connectivity index (χ2v) is 4.01. The number of aliphatic hydroxyl groups is 2. The van der Waals surface area contributed by atoms with Gasteiger partial charge in [0.15, 0.2) is 0 Å². The maximum absolute atomic E-state index is 10.1. The minimum absolute atomic E-state index is 0.139. The van der Waals surface area contributed by atoms with Gasteiger partial charge in [-0.2, -0.15) is 0 Å². The highest BCUT2D eigenvalue weighted by molar-refractivity contribution is 5.65. The molecule has 0 spiro atoms. The number of ether oxygens (including phenoxy) is 2. The summed E-state index contributed by atoms with van der Waals surface area (Å²) >= 11 is 0. The van der Waals surface area contributed by atoms with Crippen LogP contribution < -0.4 is 0 Å². The van der Waals surface area contributed by atoms with Gasteiger partial charge < -0.3 is 19.7 Å². The van der Waals surface area contributed by atoms with Crippen molar-refractivity contribution in [2.75, 3.05) is 26.4 Å². The molecule has 5 nitrogen and oxygen atoms in total. The van der Waals surface area contributed by atoms with Crippen molar-refractivity contribution >= 4 is 5.97 Å². The lowest BCUT2D eigenvalue weighted by molar-refractivity contribution is -0.141. The maximum Gasteiger partial charge on any atom is 0.302 e. The van der Waals surface area contributed by atoms with Crippen LogP contribution in [0.4, 0.5) is 0 Å². The van der Waals surface area contributed by atoms with Crippen LogP contribution in [-0.2, 0) is 14.3 Å². The molecule has 0 aromatic rings. The Morgan fingerprint density at radius 1 is 1.17 bits per heavy atom. The van der Waals surface area contributed by atoms with Crippen molar-refractivity contribution in [1.29, 1.82) is 0 Å². The molecule has 0 bridgehead atoms. The summed E-state index contributed by atoms with van der Waals surface area (Å²) in [5.74, 6) is 0.248. The summed E-state index contributed by atoms with van der Waals surface area (Å²) < 4.78 is 9.50. The van der Waals surface area contributed by atoms with Crippen LogP contribution in [0.5, 0.6) is 0 Å². The van der Waals surface area contributed by atoms with Gasteiger partial charge in [-0.3, -0.25) is 4.79 Å². The zero-order valence-corrected chi connectivity index (χ0v) is 12.6. The lowest BCUT2D eigenvalue weighted by atomic mass is 10.2. The van der Waals surface area contributed by atoms with Crippen LogP contribution in [0.2, 0.25) is 0 Å². The molecule has 1 atom stereocenters. The van der Waals surface area contributed by atoms with Gasteiger partial charge in [-0.25, -0.2) is 0 Å². The molecule has 18 heavy (non-hydrogen) atoms. The van der Waals surface area contributed by atoms with Gasteiger partial charge in [0.25, 0.3) is 0 Å². The van der Waals surface area contributed by atoms with Crippen molar-refractivity contribution in [2.24, 2.45) is 5.92 Å². The van der Waals surface area contributed by atoms with Crippen LogP contribution in [0, 0.1) is 5.92 Å². The van der Waals surface area contributed by atoms with Gasteiger partial charge in [0.2, 0.25) is 0 Å². The van der Waals surface area contributed by atoms with Crippen LogP contribution >= 0.6 is 0 Å². The number of aliphatic hydroxyl groups excluding tert-OH is 2. The molecule has 0 aliphatic heterocycles. The topological polar surface area (TPSA) is 76.0 Å². The predicted octanol–water partition coefficient (Wildman–Crippen LogP) is 1.61. The third-order valence-corrected chi connectivity index (χ3v) is 1.29. The van der Waals surface area contributed by atoms with E-state index in [9.17, 15) is 4.79 Å². The average molecular weight is 266 g/mol. The molecular weight excluding hydrogens is 236 g/mol. The van der Waals surface area contributed by atoms with Crippen molar-refractivity contribution in [3.05, 3.63) is 0 Å². The van der Waals surface area contributed by atoms with E-state index in [0.717, 1.165) is 13.2 Å². The molecule has 0 aliphatic carbocycles. The molecule has 0 aromatic heterocycles. The first-order chi connectivity index (χ1) is 8.31. The molecule has 0 aliphatic rings. The Morgan fingerprint density at radius 2 is 1.56 bits per heavy atom. The van der Waals surface area contributed by atoms with E-state index in [-0.39, 0.29) is 12.6 Å². The summed E-state index contributed by atoms with van der Waals surface area (Å²) in [6.45, 7) is 13.0. The predicted molar refractivity (Wildman–Crippen MR) is 72.4 cm³/mol. The van der Waals surface area contributed by atoms with Crippen LogP contribution in [0.3, 0.4) is 0 Å². The van der Waals surface area contributed by atoms with Crippen LogP contribution in [0.1, 0.15) is 41.5 Å². The van der Waals surface area contributed by atoms with E-state index in [4.69, 9.17) is 14.9 Å². The van der Waals surface area contributed by atoms with E-state index in [1.165, 1.54) is 13.8 Å². The Labute approximate surface area is 111 Å². The zero-order valence-electron chi connectivity index (χ0n) is 12.6. The van der Waals surface area contributed by atoms with E-state index in [1.807, 2.05) is 27.7 Å². The Kier molecular flexibility index (Phi) is 23.4. The van der Waals surface area contributed by atoms with Crippen molar-refractivity contribution in [3.8, 4) is 0 Å². The molecule has 5 heteroatoms. The first kappa shape index (κ1) is 22.5. The van der Waals surface area contributed by atoms with Crippen molar-refractivity contribution in [3.63, 3.8) is 0 Å². The number of rotatable bonds is 5. The highest BCUT2D eigenvalue weighted by Gasteiger charge is 1.94. The first-order valence-electron chi connectivity index (χ1n) is 6.31. The number of carbonyl (C=O) groups excluding carboxylic acids is 1. The molecular formula is C13H30O5. The highest BCUT2D eigenvalue weighted by atomic mass is 16.5. The number of carbonyl (C=O) groups is 1. The molecule has 2 N–H and O–H groups in total. The quantitative estimate of drug-likeness (QED) is 0.739. The molecule has 0 rings (SSSR count). The summed E-state index contributed by atoms with van der Waals surface area (Å²) in [7, 11) is 0. The molecule has 0 heterocycles. The summed E-state index contributed by atoms with van der Waals surface area (Å²) in [6, 6.07) is 0. The fourth-order valence-corrected chi connectivity index (χ4v) is 0.488. The van der Waals surface area contributed by atoms with Crippen LogP contribution in [0.25, 0.3) is 0 Å². The second kappa shape index (κ2) is 18.7. The lowest BCUT2D eigenvalue weighted by Crippen LogP contribution is -2.05. The van der Waals surface area contributed by atoms with Gasteiger partial charge in [0.05, 0.1) is 19.3 Å². The minimum atomic E-state index is -0.560. The van der Waals surface area contributed by atoms with E-state index in [0.29, 0.717) is 12.5 Å². The van der Waals surface area contributed by atoms with Gasteiger partial charge >= 0.3 is 5.97 Å². The van der Waals surface area contributed by atoms with Gasteiger partial charge in [-0.05, 0) is 26.7 Å². The van der Waals surface area contributed by atoms with Crippen molar-refractivity contribution < 1.29 is 24.5 Å². The van der Waals surface area contributed by atoms with Crippen molar-refractivity contribution in [1.82, 2.24) is 0 Å². The summed E-state index contributed by atoms with van der Waals surface area (Å²) in [5.41, 5.74) is 0. The molecule has 112 valence electrons. The van der Waals surface area contributed by atoms with E-state index in [1.54, 1.807) is 0 Å². The third kappa shape index (κ3) is 45.3. The molecule has 0 saturated heterocycles. The minimum Gasteiger partial charge on any atom is -0.466 e. The molecule has 1 unspecified atom stereocenters. The zero-order chi connectivity index (χ0) is 15.0. The Balaban J connectivity index is -0.000000197. The summed E-state index contributed by atoms with van der Waals surface area (Å²) in [4.78, 5) is 10.1. The fourth-order valence-electron chi connectivity index (χ4n) is 0.488. The van der Waals surface area contributed by atoms with Gasteiger partial charge in [0, 0.05) is 20.1 Å². The highest BCUT2D eigenvalue weighted by Crippen LogP contribution is 1.91. The molecule has 0 amide bonds. The number of hydrogen-bond donors (Lipinski definition) is 2. The monoisotopic (exact) mass is 266 g/mol. The average Bonchev–Trinajstić information content (AvgIpc) is 2.29. The lowest BCUT2D eigenvalue weighted by Gasteiger charge is -2.02. The van der Waals surface area contributed by atoms with Crippen LogP contribution in [0.15, 0.2) is 0 Å². The smallest absolute Gasteiger partial charge is 0.302 e. The molecule has 0 aromatic carbocycles. The molecule has 0 radical (unpaired) electrons. The third-order valence-electron chi connectivity index (χ3n) is 1.29. The van der Waals surface area contributed by atoms with E-state index in [2.05, 4.69) is 4.74 Å². The van der Waals surface area contributed by atoms with Crippen LogP contribution in [-0.4, -0.2) is 48.7 Å².